The fourth-order valence-electron chi connectivity index (χ4n) is 5.12. The summed E-state index contributed by atoms with van der Waals surface area (Å²) in [5.74, 6) is -0.0867. The van der Waals surface area contributed by atoms with E-state index in [-0.39, 0.29) is 56.0 Å². The molecule has 1 aliphatic heterocycles. The number of hydrogen-bond acceptors (Lipinski definition) is 8. The van der Waals surface area contributed by atoms with Gasteiger partial charge in [0.1, 0.15) is 17.9 Å². The number of nitrogens with zero attached hydrogens (tertiary/aromatic N) is 7. The Morgan fingerprint density at radius 2 is 1.63 bits per heavy atom. The van der Waals surface area contributed by atoms with E-state index in [9.17, 15) is 35.9 Å². The van der Waals surface area contributed by atoms with Crippen molar-refractivity contribution in [1.82, 2.24) is 34.6 Å². The quantitative estimate of drug-likeness (QED) is 0.269. The van der Waals surface area contributed by atoms with Crippen LogP contribution >= 0.6 is 0 Å². The van der Waals surface area contributed by atoms with Crippen LogP contribution in [0.5, 0.6) is 5.75 Å². The van der Waals surface area contributed by atoms with Crippen LogP contribution < -0.4 is 15.2 Å². The second-order valence-corrected chi connectivity index (χ2v) is 10.2. The van der Waals surface area contributed by atoms with Crippen molar-refractivity contribution in [2.45, 2.75) is 19.0 Å². The van der Waals surface area contributed by atoms with Gasteiger partial charge in [0, 0.05) is 61.7 Å². The topological polar surface area (TPSA) is 122 Å². The van der Waals surface area contributed by atoms with Gasteiger partial charge in [-0.2, -0.15) is 31.4 Å². The summed E-state index contributed by atoms with van der Waals surface area (Å²) in [5, 5.41) is 6.57. The lowest BCUT2D eigenvalue weighted by atomic mass is 10.2. The number of aromatic amines is 1. The van der Waals surface area contributed by atoms with Gasteiger partial charge in [-0.3, -0.25) is 14.6 Å². The Labute approximate surface area is 255 Å². The van der Waals surface area contributed by atoms with Crippen LogP contribution in [0.2, 0.25) is 0 Å². The Bertz CT molecular complexity index is 1950. The summed E-state index contributed by atoms with van der Waals surface area (Å²) >= 11 is 0. The Kier molecular flexibility index (Phi) is 7.83. The normalized spacial score (nSPS) is 14.1. The first-order valence-corrected chi connectivity index (χ1v) is 13.7. The molecule has 1 aromatic carbocycles. The summed E-state index contributed by atoms with van der Waals surface area (Å²) in [4.78, 5) is 40.3. The van der Waals surface area contributed by atoms with E-state index in [0.29, 0.717) is 28.9 Å². The third kappa shape index (κ3) is 6.07. The van der Waals surface area contributed by atoms with Gasteiger partial charge in [-0.15, -0.1) is 0 Å². The molecule has 0 spiro atoms. The molecule has 238 valence electrons. The molecule has 4 aromatic heterocycles. The fourth-order valence-corrected chi connectivity index (χ4v) is 5.12. The highest BCUT2D eigenvalue weighted by Crippen LogP contribution is 2.34. The van der Waals surface area contributed by atoms with Crippen LogP contribution in [-0.2, 0) is 19.0 Å². The molecule has 6 rings (SSSR count). The lowest BCUT2D eigenvalue weighted by molar-refractivity contribution is -0.139. The maximum Gasteiger partial charge on any atom is 0.423 e. The van der Waals surface area contributed by atoms with Crippen LogP contribution in [0.1, 0.15) is 27.2 Å². The summed E-state index contributed by atoms with van der Waals surface area (Å²) in [7, 11) is 0. The average Bonchev–Trinajstić information content (AvgIpc) is 3.41. The number of carbonyl (C=O) groups is 1. The summed E-state index contributed by atoms with van der Waals surface area (Å²) in [6.45, 7) is 0.783. The molecule has 0 radical (unpaired) electrons. The zero-order valence-electron chi connectivity index (χ0n) is 23.5. The third-order valence-electron chi connectivity index (χ3n) is 7.36. The summed E-state index contributed by atoms with van der Waals surface area (Å²) in [6, 6.07) is 8.28. The number of benzene rings is 1. The number of nitrogens with one attached hydrogen (secondary N) is 1. The van der Waals surface area contributed by atoms with Crippen LogP contribution in [0.25, 0.3) is 16.5 Å². The number of carbonyl (C=O) groups excluding carboxylic acids is 1. The number of fused-ring (bicyclic) bond motifs is 1. The highest BCUT2D eigenvalue weighted by molar-refractivity contribution is 5.94. The number of alkyl halides is 6. The molecule has 11 nitrogen and oxygen atoms in total. The maximum atomic E-state index is 13.9. The molecule has 0 saturated carbocycles. The van der Waals surface area contributed by atoms with Gasteiger partial charge in [0.2, 0.25) is 5.95 Å². The second-order valence-electron chi connectivity index (χ2n) is 10.2. The summed E-state index contributed by atoms with van der Waals surface area (Å²) in [6.07, 6.45) is -3.03. The molecule has 17 heteroatoms. The van der Waals surface area contributed by atoms with E-state index in [1.165, 1.54) is 29.2 Å². The van der Waals surface area contributed by atoms with Gasteiger partial charge in [-0.25, -0.2) is 15.1 Å². The summed E-state index contributed by atoms with van der Waals surface area (Å²) < 4.78 is 87.3. The van der Waals surface area contributed by atoms with Gasteiger partial charge < -0.3 is 19.1 Å². The number of halogens is 6. The Balaban J connectivity index is 1.18. The largest absolute Gasteiger partial charge is 0.486 e. The average molecular weight is 645 g/mol. The SMILES string of the molecule is O=C(c1cncc(OCc2c3ccccc3cn2-c2cn[nH]c(=O)c2C(F)(F)F)c1)N1CCN(c2ncc(C(F)(F)F)cn2)CC1. The van der Waals surface area contributed by atoms with Gasteiger partial charge in [-0.1, -0.05) is 24.3 Å². The van der Waals surface area contributed by atoms with E-state index < -0.39 is 34.7 Å². The molecule has 0 atom stereocenters. The van der Waals surface area contributed by atoms with E-state index in [1.807, 2.05) is 5.10 Å². The van der Waals surface area contributed by atoms with Gasteiger partial charge in [0.25, 0.3) is 11.5 Å². The van der Waals surface area contributed by atoms with E-state index in [4.69, 9.17) is 4.74 Å². The number of rotatable bonds is 6. The Hall–Kier alpha value is -5.48. The van der Waals surface area contributed by atoms with Gasteiger partial charge in [-0.05, 0) is 6.07 Å². The molecule has 0 unspecified atom stereocenters. The molecule has 1 aliphatic rings. The molecule has 5 aromatic rings. The van der Waals surface area contributed by atoms with Crippen LogP contribution in [0.15, 0.2) is 72.3 Å². The highest BCUT2D eigenvalue weighted by Gasteiger charge is 2.38. The van der Waals surface area contributed by atoms with Crippen molar-refractivity contribution < 1.29 is 35.9 Å². The monoisotopic (exact) mass is 644 g/mol. The molecule has 1 N–H and O–H groups in total. The minimum atomic E-state index is -4.96. The Morgan fingerprint density at radius 3 is 2.33 bits per heavy atom. The van der Waals surface area contributed by atoms with Gasteiger partial charge in [0.05, 0.1) is 34.9 Å². The predicted molar refractivity (Wildman–Crippen MR) is 150 cm³/mol. The molecule has 1 amide bonds. The number of pyridine rings is 1. The number of aromatic nitrogens is 6. The Morgan fingerprint density at radius 1 is 0.913 bits per heavy atom. The predicted octanol–water partition coefficient (Wildman–Crippen LogP) is 4.48. The van der Waals surface area contributed by atoms with Crippen molar-refractivity contribution in [3.8, 4) is 11.4 Å². The molecule has 5 heterocycles. The van der Waals surface area contributed by atoms with Crippen molar-refractivity contribution in [2.75, 3.05) is 31.1 Å². The first kappa shape index (κ1) is 30.5. The maximum absolute atomic E-state index is 13.9. The van der Waals surface area contributed by atoms with Crippen molar-refractivity contribution in [1.29, 1.82) is 0 Å². The number of hydrogen-bond donors (Lipinski definition) is 1. The van der Waals surface area contributed by atoms with E-state index in [1.54, 1.807) is 34.1 Å². The smallest absolute Gasteiger partial charge is 0.423 e. The fraction of sp³-hybridized carbons (Fsp3) is 0.241. The molecular weight excluding hydrogens is 622 g/mol. The minimum Gasteiger partial charge on any atom is -0.486 e. The van der Waals surface area contributed by atoms with Crippen LogP contribution in [0.4, 0.5) is 32.3 Å². The van der Waals surface area contributed by atoms with Gasteiger partial charge >= 0.3 is 12.4 Å². The van der Waals surface area contributed by atoms with Crippen molar-refractivity contribution >= 4 is 22.6 Å². The minimum absolute atomic E-state index is 0.118. The van der Waals surface area contributed by atoms with E-state index in [2.05, 4.69) is 20.1 Å². The molecule has 1 saturated heterocycles. The lowest BCUT2D eigenvalue weighted by Gasteiger charge is -2.34. The van der Waals surface area contributed by atoms with Crippen molar-refractivity contribution in [2.24, 2.45) is 0 Å². The lowest BCUT2D eigenvalue weighted by Crippen LogP contribution is -2.49. The van der Waals surface area contributed by atoms with Crippen molar-refractivity contribution in [3.63, 3.8) is 0 Å². The second kappa shape index (κ2) is 11.8. The number of piperazine rings is 1. The van der Waals surface area contributed by atoms with Gasteiger partial charge in [0.15, 0.2) is 0 Å². The first-order chi connectivity index (χ1) is 21.9. The van der Waals surface area contributed by atoms with Crippen molar-refractivity contribution in [3.05, 3.63) is 100 Å². The third-order valence-corrected chi connectivity index (χ3v) is 7.36. The number of ether oxygens (including phenoxy) is 1. The number of amides is 1. The standard InChI is InChI=1S/C29H22F6N8O3/c30-28(31,32)19-11-37-27(38-12-19)42-7-5-41(6-8-42)26(45)18-9-20(13-36-10-18)46-16-23-21-4-2-1-3-17(21)15-43(23)22-14-39-40-25(44)24(22)29(33,34)35/h1-4,9-15H,5-8,16H2,(H,40,44). The number of H-pyrrole nitrogens is 1. The number of anilines is 1. The summed E-state index contributed by atoms with van der Waals surface area (Å²) in [5.41, 5.74) is -3.75. The zero-order chi connectivity index (χ0) is 32.6. The molecule has 46 heavy (non-hydrogen) atoms. The zero-order valence-corrected chi connectivity index (χ0v) is 23.5. The highest BCUT2D eigenvalue weighted by atomic mass is 19.4. The molecule has 0 bridgehead atoms. The van der Waals surface area contributed by atoms with Crippen LogP contribution in [0.3, 0.4) is 0 Å². The molecule has 0 aliphatic carbocycles. The van der Waals surface area contributed by atoms with E-state index in [0.717, 1.165) is 6.20 Å². The van der Waals surface area contributed by atoms with E-state index >= 15 is 0 Å². The molecular formula is C29H22F6N8O3. The van der Waals surface area contributed by atoms with Crippen LogP contribution in [-0.4, -0.2) is 66.7 Å². The molecule has 1 fully saturated rings. The first-order valence-electron chi connectivity index (χ1n) is 13.7. The van der Waals surface area contributed by atoms with Crippen LogP contribution in [0, 0.1) is 0 Å².